The maximum atomic E-state index is 9.33. The van der Waals surface area contributed by atoms with Crippen LogP contribution in [0.3, 0.4) is 0 Å². The highest BCUT2D eigenvalue weighted by atomic mass is 15.3. The number of hydrogen-bond donors (Lipinski definition) is 0. The Morgan fingerprint density at radius 1 is 1.19 bits per heavy atom. The van der Waals surface area contributed by atoms with Gasteiger partial charge in [0.1, 0.15) is 17.6 Å². The number of fused-ring (bicyclic) bond motifs is 1. The molecule has 3 aliphatic rings. The number of pyridine rings is 1. The first-order valence-corrected chi connectivity index (χ1v) is 9.10. The molecule has 0 aromatic carbocycles. The third-order valence-electron chi connectivity index (χ3n) is 5.14. The Labute approximate surface area is 154 Å². The number of aliphatic imine (C=N–C) groups is 1. The topological polar surface area (TPSA) is 55.5 Å². The van der Waals surface area contributed by atoms with Gasteiger partial charge in [0.25, 0.3) is 0 Å². The van der Waals surface area contributed by atoms with Crippen LogP contribution in [-0.4, -0.2) is 53.9 Å². The number of anilines is 1. The maximum Gasteiger partial charge on any atom is 0.146 e. The Bertz CT molecular complexity index is 864. The number of aromatic nitrogens is 1. The summed E-state index contributed by atoms with van der Waals surface area (Å²) in [6, 6.07) is 6.69. The number of hydrogen-bond acceptors (Lipinski definition) is 5. The first-order valence-electron chi connectivity index (χ1n) is 9.10. The van der Waals surface area contributed by atoms with Crippen molar-refractivity contribution in [3.8, 4) is 17.9 Å². The molecular formula is C21H21N5. The first-order chi connectivity index (χ1) is 12.8. The van der Waals surface area contributed by atoms with E-state index in [2.05, 4.69) is 37.7 Å². The van der Waals surface area contributed by atoms with Crippen LogP contribution in [0.15, 0.2) is 47.6 Å². The zero-order valence-electron chi connectivity index (χ0n) is 14.7. The molecule has 2 fully saturated rings. The van der Waals surface area contributed by atoms with Crippen LogP contribution in [0.25, 0.3) is 0 Å². The second-order valence-corrected chi connectivity index (χ2v) is 6.70. The maximum absolute atomic E-state index is 9.33. The molecule has 0 amide bonds. The van der Waals surface area contributed by atoms with Crippen LogP contribution in [0.1, 0.15) is 18.4 Å². The Balaban J connectivity index is 1.44. The molecule has 0 saturated carbocycles. The average molecular weight is 343 g/mol. The van der Waals surface area contributed by atoms with Gasteiger partial charge in [-0.2, -0.15) is 5.26 Å². The standard InChI is InChI=1S/C21H21N5/c22-15-17-5-4-12-24-21(17)25-13-14-26-19(9-10-20(26)16-25)8-7-18-6-2-1-3-11-23-18/h1-6,12,19-20H,9-11,13-14,16H2/t19?,20-/m1/s1. The van der Waals surface area contributed by atoms with Gasteiger partial charge in [-0.25, -0.2) is 4.98 Å². The van der Waals surface area contributed by atoms with Crippen molar-refractivity contribution in [2.24, 2.45) is 4.99 Å². The van der Waals surface area contributed by atoms with Gasteiger partial charge in [-0.05, 0) is 37.0 Å². The summed E-state index contributed by atoms with van der Waals surface area (Å²) in [6.45, 7) is 3.45. The van der Waals surface area contributed by atoms with Crippen molar-refractivity contribution in [2.75, 3.05) is 31.1 Å². The van der Waals surface area contributed by atoms with E-state index in [1.165, 1.54) is 0 Å². The van der Waals surface area contributed by atoms with E-state index >= 15 is 0 Å². The summed E-state index contributed by atoms with van der Waals surface area (Å²) in [5, 5.41) is 9.33. The van der Waals surface area contributed by atoms with Gasteiger partial charge >= 0.3 is 0 Å². The lowest BCUT2D eigenvalue weighted by Crippen LogP contribution is -2.52. The quantitative estimate of drug-likeness (QED) is 0.734. The predicted octanol–water partition coefficient (Wildman–Crippen LogP) is 2.18. The summed E-state index contributed by atoms with van der Waals surface area (Å²) in [5.41, 5.74) is 1.52. The fourth-order valence-corrected chi connectivity index (χ4v) is 3.86. The Kier molecular flexibility index (Phi) is 4.82. The molecule has 1 aromatic heterocycles. The van der Waals surface area contributed by atoms with E-state index in [4.69, 9.17) is 0 Å². The van der Waals surface area contributed by atoms with Crippen LogP contribution in [0, 0.1) is 23.2 Å². The third kappa shape index (κ3) is 3.40. The molecule has 1 unspecified atom stereocenters. The molecule has 2 saturated heterocycles. The van der Waals surface area contributed by atoms with Crippen molar-refractivity contribution in [3.05, 3.63) is 48.2 Å². The predicted molar refractivity (Wildman–Crippen MR) is 103 cm³/mol. The summed E-state index contributed by atoms with van der Waals surface area (Å²) >= 11 is 0. The van der Waals surface area contributed by atoms with E-state index in [9.17, 15) is 5.26 Å². The molecule has 0 spiro atoms. The minimum atomic E-state index is 0.300. The van der Waals surface area contributed by atoms with Crippen molar-refractivity contribution in [1.82, 2.24) is 9.88 Å². The van der Waals surface area contributed by atoms with Crippen LogP contribution in [0.2, 0.25) is 0 Å². The van der Waals surface area contributed by atoms with Crippen LogP contribution in [0.4, 0.5) is 5.82 Å². The lowest BCUT2D eigenvalue weighted by Gasteiger charge is -2.39. The zero-order valence-corrected chi connectivity index (χ0v) is 14.7. The Morgan fingerprint density at radius 2 is 2.15 bits per heavy atom. The van der Waals surface area contributed by atoms with Gasteiger partial charge in [-0.1, -0.05) is 24.1 Å². The van der Waals surface area contributed by atoms with Gasteiger partial charge in [0.2, 0.25) is 0 Å². The van der Waals surface area contributed by atoms with E-state index in [1.54, 1.807) is 6.20 Å². The lowest BCUT2D eigenvalue weighted by molar-refractivity contribution is 0.202. The first kappa shape index (κ1) is 16.6. The number of nitrogens with zero attached hydrogens (tertiary/aromatic N) is 5. The Hall–Kier alpha value is -2.89. The average Bonchev–Trinajstić information content (AvgIpc) is 2.91. The van der Waals surface area contributed by atoms with Crippen LogP contribution < -0.4 is 4.90 Å². The summed E-state index contributed by atoms with van der Waals surface area (Å²) in [5.74, 6) is 7.51. The van der Waals surface area contributed by atoms with Gasteiger partial charge in [-0.3, -0.25) is 9.89 Å². The largest absolute Gasteiger partial charge is 0.353 e. The highest BCUT2D eigenvalue weighted by Gasteiger charge is 2.37. The second-order valence-electron chi connectivity index (χ2n) is 6.70. The van der Waals surface area contributed by atoms with E-state index in [-0.39, 0.29) is 0 Å². The molecule has 5 nitrogen and oxygen atoms in total. The van der Waals surface area contributed by atoms with Crippen molar-refractivity contribution in [2.45, 2.75) is 24.9 Å². The van der Waals surface area contributed by atoms with E-state index in [1.807, 2.05) is 36.4 Å². The molecule has 0 aliphatic carbocycles. The molecule has 0 N–H and O–H groups in total. The van der Waals surface area contributed by atoms with Crippen LogP contribution in [-0.2, 0) is 0 Å². The molecule has 0 radical (unpaired) electrons. The summed E-state index contributed by atoms with van der Waals surface area (Å²) in [7, 11) is 0. The van der Waals surface area contributed by atoms with Crippen molar-refractivity contribution < 1.29 is 0 Å². The monoisotopic (exact) mass is 343 g/mol. The molecule has 5 heteroatoms. The second kappa shape index (κ2) is 7.56. The van der Waals surface area contributed by atoms with Crippen LogP contribution in [0.5, 0.6) is 0 Å². The molecule has 3 aliphatic heterocycles. The molecule has 26 heavy (non-hydrogen) atoms. The van der Waals surface area contributed by atoms with Gasteiger partial charge in [0.05, 0.1) is 18.2 Å². The highest BCUT2D eigenvalue weighted by Crippen LogP contribution is 2.29. The molecule has 4 heterocycles. The van der Waals surface area contributed by atoms with Gasteiger partial charge < -0.3 is 4.90 Å². The van der Waals surface area contributed by atoms with E-state index in [0.29, 0.717) is 24.2 Å². The SMILES string of the molecule is N#Cc1cccnc1N1CCN2C(C#CC3=NCC=CC=C3)CC[C@@H]2C1. The fourth-order valence-electron chi connectivity index (χ4n) is 3.86. The van der Waals surface area contributed by atoms with Gasteiger partial charge in [0, 0.05) is 31.9 Å². The highest BCUT2D eigenvalue weighted by molar-refractivity contribution is 6.09. The molecule has 2 atom stereocenters. The van der Waals surface area contributed by atoms with Crippen molar-refractivity contribution >= 4 is 11.5 Å². The molecule has 4 rings (SSSR count). The number of nitriles is 1. The zero-order chi connectivity index (χ0) is 17.8. The third-order valence-corrected chi connectivity index (χ3v) is 5.14. The van der Waals surface area contributed by atoms with Gasteiger partial charge in [0.15, 0.2) is 0 Å². The number of allylic oxidation sites excluding steroid dienone is 3. The molecule has 1 aromatic rings. The van der Waals surface area contributed by atoms with Crippen molar-refractivity contribution in [3.63, 3.8) is 0 Å². The number of rotatable bonds is 1. The smallest absolute Gasteiger partial charge is 0.146 e. The molecule has 130 valence electrons. The van der Waals surface area contributed by atoms with E-state index in [0.717, 1.165) is 44.0 Å². The lowest BCUT2D eigenvalue weighted by atomic mass is 10.1. The summed E-state index contributed by atoms with van der Waals surface area (Å²) in [4.78, 5) is 13.7. The van der Waals surface area contributed by atoms with Gasteiger partial charge in [-0.15, -0.1) is 0 Å². The summed E-state index contributed by atoms with van der Waals surface area (Å²) < 4.78 is 0. The van der Waals surface area contributed by atoms with Crippen molar-refractivity contribution in [1.29, 1.82) is 5.26 Å². The Morgan fingerprint density at radius 3 is 3.08 bits per heavy atom. The minimum absolute atomic E-state index is 0.300. The van der Waals surface area contributed by atoms with E-state index < -0.39 is 0 Å². The number of piperazine rings is 1. The minimum Gasteiger partial charge on any atom is -0.353 e. The molecular weight excluding hydrogens is 322 g/mol. The van der Waals surface area contributed by atoms with Crippen LogP contribution >= 0.6 is 0 Å². The fraction of sp³-hybridized carbons (Fsp3) is 0.381. The normalized spacial score (nSPS) is 24.9. The summed E-state index contributed by atoms with van der Waals surface area (Å²) in [6.07, 6.45) is 12.0. The molecule has 0 bridgehead atoms.